The maximum absolute atomic E-state index is 12.9. The molecule has 7 nitrogen and oxygen atoms in total. The molecule has 28 heavy (non-hydrogen) atoms. The fraction of sp³-hybridized carbons (Fsp3) is 0.368. The number of nitrogens with zero attached hydrogens (tertiary/aromatic N) is 2. The van der Waals surface area contributed by atoms with Gasteiger partial charge in [0.2, 0.25) is 20.0 Å². The third kappa shape index (κ3) is 3.93. The summed E-state index contributed by atoms with van der Waals surface area (Å²) in [6.07, 6.45) is 0. The van der Waals surface area contributed by atoms with E-state index in [2.05, 4.69) is 0 Å². The SMILES string of the molecule is COc1ccc(S(=O)(=O)N2CCN(S(=O)(=O)c3ccc(C)cc3)CC2)cc1C. The van der Waals surface area contributed by atoms with Gasteiger partial charge >= 0.3 is 0 Å². The molecule has 1 heterocycles. The summed E-state index contributed by atoms with van der Waals surface area (Å²) in [6, 6.07) is 11.4. The van der Waals surface area contributed by atoms with Crippen molar-refractivity contribution < 1.29 is 21.6 Å². The normalized spacial score (nSPS) is 16.8. The molecule has 3 rings (SSSR count). The second-order valence-electron chi connectivity index (χ2n) is 6.75. The second kappa shape index (κ2) is 7.82. The monoisotopic (exact) mass is 424 g/mol. The van der Waals surface area contributed by atoms with E-state index in [-0.39, 0.29) is 36.0 Å². The molecule has 0 saturated carbocycles. The van der Waals surface area contributed by atoms with Crippen molar-refractivity contribution in [3.8, 4) is 5.75 Å². The molecule has 0 aliphatic carbocycles. The molecule has 2 aromatic rings. The highest BCUT2D eigenvalue weighted by atomic mass is 32.2. The van der Waals surface area contributed by atoms with Crippen molar-refractivity contribution in [3.63, 3.8) is 0 Å². The van der Waals surface area contributed by atoms with E-state index < -0.39 is 20.0 Å². The summed E-state index contributed by atoms with van der Waals surface area (Å²) < 4.78 is 59.3. The second-order valence-corrected chi connectivity index (χ2v) is 10.6. The van der Waals surface area contributed by atoms with E-state index in [4.69, 9.17) is 4.74 Å². The number of hydrogen-bond acceptors (Lipinski definition) is 5. The van der Waals surface area contributed by atoms with Crippen LogP contribution in [-0.2, 0) is 20.0 Å². The average Bonchev–Trinajstić information content (AvgIpc) is 2.68. The molecule has 152 valence electrons. The van der Waals surface area contributed by atoms with Gasteiger partial charge in [-0.1, -0.05) is 17.7 Å². The van der Waals surface area contributed by atoms with E-state index >= 15 is 0 Å². The molecule has 1 aliphatic rings. The van der Waals surface area contributed by atoms with E-state index in [0.29, 0.717) is 5.75 Å². The molecule has 9 heteroatoms. The van der Waals surface area contributed by atoms with E-state index in [9.17, 15) is 16.8 Å². The molecule has 0 radical (unpaired) electrons. The lowest BCUT2D eigenvalue weighted by Crippen LogP contribution is -2.50. The number of ether oxygens (including phenoxy) is 1. The van der Waals surface area contributed by atoms with Crippen LogP contribution in [0.4, 0.5) is 0 Å². The van der Waals surface area contributed by atoms with Crippen LogP contribution < -0.4 is 4.74 Å². The molecular weight excluding hydrogens is 400 g/mol. The predicted molar refractivity (Wildman–Crippen MR) is 106 cm³/mol. The molecule has 0 unspecified atom stereocenters. The van der Waals surface area contributed by atoms with Crippen LogP contribution in [-0.4, -0.2) is 58.7 Å². The zero-order valence-corrected chi connectivity index (χ0v) is 17.8. The minimum absolute atomic E-state index is 0.110. The smallest absolute Gasteiger partial charge is 0.243 e. The van der Waals surface area contributed by atoms with Gasteiger partial charge in [-0.3, -0.25) is 0 Å². The van der Waals surface area contributed by atoms with Gasteiger partial charge in [-0.15, -0.1) is 0 Å². The quantitative estimate of drug-likeness (QED) is 0.733. The van der Waals surface area contributed by atoms with Gasteiger partial charge in [-0.25, -0.2) is 16.8 Å². The maximum Gasteiger partial charge on any atom is 0.243 e. The fourth-order valence-corrected chi connectivity index (χ4v) is 6.10. The van der Waals surface area contributed by atoms with Crippen LogP contribution in [0.25, 0.3) is 0 Å². The lowest BCUT2D eigenvalue weighted by atomic mass is 10.2. The van der Waals surface area contributed by atoms with Crippen LogP contribution in [0, 0.1) is 13.8 Å². The first-order valence-electron chi connectivity index (χ1n) is 8.88. The zero-order chi connectivity index (χ0) is 20.5. The Morgan fingerprint density at radius 2 is 1.21 bits per heavy atom. The van der Waals surface area contributed by atoms with Crippen LogP contribution in [0.2, 0.25) is 0 Å². The Hall–Kier alpha value is -1.94. The molecule has 0 N–H and O–H groups in total. The summed E-state index contributed by atoms with van der Waals surface area (Å²) in [6.45, 7) is 4.12. The first-order valence-corrected chi connectivity index (χ1v) is 11.8. The van der Waals surface area contributed by atoms with Gasteiger partial charge in [-0.05, 0) is 49.7 Å². The van der Waals surface area contributed by atoms with Gasteiger partial charge in [0.25, 0.3) is 0 Å². The standard InChI is InChI=1S/C19H24N2O5S2/c1-15-4-6-17(7-5-15)27(22,23)20-10-12-21(13-11-20)28(24,25)18-8-9-19(26-3)16(2)14-18/h4-9,14H,10-13H2,1-3H3. The highest BCUT2D eigenvalue weighted by Gasteiger charge is 2.33. The van der Waals surface area contributed by atoms with Crippen molar-refractivity contribution in [3.05, 3.63) is 53.6 Å². The van der Waals surface area contributed by atoms with Crippen LogP contribution in [0.5, 0.6) is 5.75 Å². The van der Waals surface area contributed by atoms with E-state index in [0.717, 1.165) is 11.1 Å². The lowest BCUT2D eigenvalue weighted by Gasteiger charge is -2.33. The molecule has 0 atom stereocenters. The van der Waals surface area contributed by atoms with Crippen molar-refractivity contribution >= 4 is 20.0 Å². The Morgan fingerprint density at radius 1 is 0.750 bits per heavy atom. The molecule has 2 aromatic carbocycles. The van der Waals surface area contributed by atoms with Gasteiger partial charge in [0.05, 0.1) is 16.9 Å². The minimum atomic E-state index is -3.69. The fourth-order valence-electron chi connectivity index (χ4n) is 3.17. The number of piperazine rings is 1. The molecule has 0 amide bonds. The van der Waals surface area contributed by atoms with Gasteiger partial charge in [0, 0.05) is 26.2 Å². The van der Waals surface area contributed by atoms with Gasteiger partial charge in [-0.2, -0.15) is 8.61 Å². The first-order chi connectivity index (χ1) is 13.2. The largest absolute Gasteiger partial charge is 0.496 e. The van der Waals surface area contributed by atoms with E-state index in [1.54, 1.807) is 43.3 Å². The van der Waals surface area contributed by atoms with Crippen LogP contribution in [0.3, 0.4) is 0 Å². The van der Waals surface area contributed by atoms with Gasteiger partial charge < -0.3 is 4.74 Å². The zero-order valence-electron chi connectivity index (χ0n) is 16.1. The average molecular weight is 425 g/mol. The minimum Gasteiger partial charge on any atom is -0.496 e. The Balaban J connectivity index is 1.75. The van der Waals surface area contributed by atoms with Crippen molar-refractivity contribution in [1.29, 1.82) is 0 Å². The van der Waals surface area contributed by atoms with Crippen LogP contribution >= 0.6 is 0 Å². The van der Waals surface area contributed by atoms with Crippen molar-refractivity contribution in [2.75, 3.05) is 33.3 Å². The summed E-state index contributed by atoms with van der Waals surface area (Å²) in [7, 11) is -5.79. The van der Waals surface area contributed by atoms with Crippen molar-refractivity contribution in [2.45, 2.75) is 23.6 Å². The molecular formula is C19H24N2O5S2. The van der Waals surface area contributed by atoms with Crippen LogP contribution in [0.1, 0.15) is 11.1 Å². The lowest BCUT2D eigenvalue weighted by molar-refractivity contribution is 0.273. The first kappa shape index (κ1) is 20.8. The maximum atomic E-state index is 12.9. The third-order valence-electron chi connectivity index (χ3n) is 4.86. The number of methoxy groups -OCH3 is 1. The van der Waals surface area contributed by atoms with Gasteiger partial charge in [0.1, 0.15) is 5.75 Å². The van der Waals surface area contributed by atoms with Crippen molar-refractivity contribution in [2.24, 2.45) is 0 Å². The molecule has 1 aliphatic heterocycles. The molecule has 0 spiro atoms. The molecule has 0 aromatic heterocycles. The predicted octanol–water partition coefficient (Wildman–Crippen LogP) is 2.01. The van der Waals surface area contributed by atoms with Crippen LogP contribution in [0.15, 0.2) is 52.3 Å². The summed E-state index contributed by atoms with van der Waals surface area (Å²) >= 11 is 0. The summed E-state index contributed by atoms with van der Waals surface area (Å²) in [5, 5.41) is 0. The summed E-state index contributed by atoms with van der Waals surface area (Å²) in [5.74, 6) is 0.618. The van der Waals surface area contributed by atoms with E-state index in [1.807, 2.05) is 6.92 Å². The number of aryl methyl sites for hydroxylation is 2. The summed E-state index contributed by atoms with van der Waals surface area (Å²) in [5.41, 5.74) is 1.70. The number of benzene rings is 2. The summed E-state index contributed by atoms with van der Waals surface area (Å²) in [4.78, 5) is 0.404. The Bertz CT molecular complexity index is 1060. The van der Waals surface area contributed by atoms with Crippen molar-refractivity contribution in [1.82, 2.24) is 8.61 Å². The number of sulfonamides is 2. The highest BCUT2D eigenvalue weighted by molar-refractivity contribution is 7.89. The Labute approximate surface area is 166 Å². The molecule has 0 bridgehead atoms. The number of rotatable bonds is 5. The Morgan fingerprint density at radius 3 is 1.68 bits per heavy atom. The third-order valence-corrected chi connectivity index (χ3v) is 8.67. The Kier molecular flexibility index (Phi) is 5.81. The molecule has 1 fully saturated rings. The van der Waals surface area contributed by atoms with Gasteiger partial charge in [0.15, 0.2) is 0 Å². The topological polar surface area (TPSA) is 84.0 Å². The number of hydrogen-bond donors (Lipinski definition) is 0. The van der Waals surface area contributed by atoms with E-state index in [1.165, 1.54) is 21.8 Å². The highest BCUT2D eigenvalue weighted by Crippen LogP contribution is 2.25. The molecule has 1 saturated heterocycles.